The summed E-state index contributed by atoms with van der Waals surface area (Å²) in [5.74, 6) is 0.775. The summed E-state index contributed by atoms with van der Waals surface area (Å²) in [7, 11) is 0. The van der Waals surface area contributed by atoms with Crippen molar-refractivity contribution in [2.75, 3.05) is 19.6 Å². The molecule has 2 aromatic rings. The Morgan fingerprint density at radius 1 is 0.976 bits per heavy atom. The number of hydrogen-bond acceptors (Lipinski definition) is 6. The highest BCUT2D eigenvalue weighted by molar-refractivity contribution is 5.97. The van der Waals surface area contributed by atoms with Gasteiger partial charge in [-0.25, -0.2) is 0 Å². The molecule has 1 saturated heterocycles. The van der Waals surface area contributed by atoms with Crippen molar-refractivity contribution in [1.82, 2.24) is 15.1 Å². The summed E-state index contributed by atoms with van der Waals surface area (Å²) in [6.07, 6.45) is 8.02. The second-order valence-corrected chi connectivity index (χ2v) is 12.3. The van der Waals surface area contributed by atoms with E-state index in [4.69, 9.17) is 5.73 Å². The SMILES string of the molecule is Cc1ccc(C(=O)N2CCC(N(Cc3ccc([N+](=O)[O-])cc3)C3CC3)C[C@@H]2C(=O)NCC2CCCC(CN)C2)cc1. The predicted molar refractivity (Wildman–Crippen MR) is 158 cm³/mol. The van der Waals surface area contributed by atoms with E-state index in [1.165, 1.54) is 0 Å². The van der Waals surface area contributed by atoms with Crippen LogP contribution in [0.25, 0.3) is 0 Å². The van der Waals surface area contributed by atoms with Crippen molar-refractivity contribution in [2.24, 2.45) is 17.6 Å². The van der Waals surface area contributed by atoms with E-state index in [1.54, 1.807) is 17.0 Å². The third-order valence-electron chi connectivity index (χ3n) is 9.22. The number of piperidine rings is 1. The van der Waals surface area contributed by atoms with Crippen molar-refractivity contribution in [3.63, 3.8) is 0 Å². The molecule has 1 heterocycles. The van der Waals surface area contributed by atoms with Gasteiger partial charge < -0.3 is 16.0 Å². The fourth-order valence-corrected chi connectivity index (χ4v) is 6.66. The Bertz CT molecular complexity index is 1210. The summed E-state index contributed by atoms with van der Waals surface area (Å²) in [6, 6.07) is 14.4. The standard InChI is InChI=1S/C32H43N5O4/c1-22-5-9-26(10-6-22)32(39)35-16-15-29(18-30(35)31(38)34-20-25-4-2-3-24(17-25)19-33)36(27-13-14-27)21-23-7-11-28(12-8-23)37(40)41/h5-12,24-25,27,29-30H,2-4,13-21,33H2,1H3,(H,34,38)/t24?,25?,29?,30-/m1/s1. The van der Waals surface area contributed by atoms with Gasteiger partial charge in [-0.05, 0) is 87.9 Å². The van der Waals surface area contributed by atoms with Crippen molar-refractivity contribution in [3.8, 4) is 0 Å². The molecule has 0 aromatic heterocycles. The van der Waals surface area contributed by atoms with E-state index in [0.717, 1.165) is 56.1 Å². The minimum absolute atomic E-state index is 0.0730. The summed E-state index contributed by atoms with van der Waals surface area (Å²) in [6.45, 7) is 4.50. The molecule has 1 aliphatic heterocycles. The van der Waals surface area contributed by atoms with Crippen LogP contribution in [-0.2, 0) is 11.3 Å². The number of nitrogens with one attached hydrogen (secondary N) is 1. The topological polar surface area (TPSA) is 122 Å². The maximum atomic E-state index is 13.8. The van der Waals surface area contributed by atoms with Crippen LogP contribution in [0.5, 0.6) is 0 Å². The van der Waals surface area contributed by atoms with Gasteiger partial charge in [-0.3, -0.25) is 24.6 Å². The van der Waals surface area contributed by atoms with Crippen LogP contribution in [0.3, 0.4) is 0 Å². The van der Waals surface area contributed by atoms with Gasteiger partial charge in [0.05, 0.1) is 4.92 Å². The Kier molecular flexibility index (Phi) is 9.35. The number of rotatable bonds is 10. The zero-order valence-corrected chi connectivity index (χ0v) is 24.0. The molecule has 5 rings (SSSR count). The highest BCUT2D eigenvalue weighted by atomic mass is 16.6. The third-order valence-corrected chi connectivity index (χ3v) is 9.22. The quantitative estimate of drug-likeness (QED) is 0.327. The number of carbonyl (C=O) groups excluding carboxylic acids is 2. The van der Waals surface area contributed by atoms with Crippen LogP contribution in [-0.4, -0.2) is 64.3 Å². The number of benzene rings is 2. The number of nitrogens with zero attached hydrogens (tertiary/aromatic N) is 3. The molecule has 4 atom stereocenters. The van der Waals surface area contributed by atoms with Gasteiger partial charge >= 0.3 is 0 Å². The molecule has 0 spiro atoms. The minimum atomic E-state index is -0.547. The van der Waals surface area contributed by atoms with Crippen molar-refractivity contribution in [1.29, 1.82) is 0 Å². The van der Waals surface area contributed by atoms with Gasteiger partial charge in [0.25, 0.3) is 11.6 Å². The number of amides is 2. The first-order chi connectivity index (χ1) is 19.8. The Balaban J connectivity index is 1.32. The fraction of sp³-hybridized carbons (Fsp3) is 0.562. The lowest BCUT2D eigenvalue weighted by Gasteiger charge is -2.43. The van der Waals surface area contributed by atoms with Gasteiger partial charge in [-0.2, -0.15) is 0 Å². The lowest BCUT2D eigenvalue weighted by Crippen LogP contribution is -2.58. The van der Waals surface area contributed by atoms with Gasteiger partial charge in [0.2, 0.25) is 5.91 Å². The maximum absolute atomic E-state index is 13.8. The number of nitro benzene ring substituents is 1. The lowest BCUT2D eigenvalue weighted by atomic mass is 9.81. The molecular formula is C32H43N5O4. The Hall–Kier alpha value is -3.30. The van der Waals surface area contributed by atoms with Crippen LogP contribution in [0.2, 0.25) is 0 Å². The monoisotopic (exact) mass is 561 g/mol. The van der Waals surface area contributed by atoms with E-state index in [0.29, 0.717) is 56.0 Å². The highest BCUT2D eigenvalue weighted by Crippen LogP contribution is 2.35. The van der Waals surface area contributed by atoms with Crippen LogP contribution >= 0.6 is 0 Å². The fourth-order valence-electron chi connectivity index (χ4n) is 6.66. The summed E-state index contributed by atoms with van der Waals surface area (Å²) in [5.41, 5.74) is 8.74. The molecule has 2 saturated carbocycles. The molecule has 9 nitrogen and oxygen atoms in total. The van der Waals surface area contributed by atoms with Gasteiger partial charge in [0.15, 0.2) is 0 Å². The van der Waals surface area contributed by atoms with E-state index in [1.807, 2.05) is 43.3 Å². The highest BCUT2D eigenvalue weighted by Gasteiger charge is 2.42. The summed E-state index contributed by atoms with van der Waals surface area (Å²) < 4.78 is 0. The average molecular weight is 562 g/mol. The number of carbonyl (C=O) groups is 2. The van der Waals surface area contributed by atoms with Gasteiger partial charge in [0, 0.05) is 49.4 Å². The molecular weight excluding hydrogens is 518 g/mol. The van der Waals surface area contributed by atoms with E-state index in [-0.39, 0.29) is 28.5 Å². The first kappa shape index (κ1) is 29.2. The predicted octanol–water partition coefficient (Wildman–Crippen LogP) is 4.42. The first-order valence-corrected chi connectivity index (χ1v) is 15.2. The Labute approximate surface area is 242 Å². The van der Waals surface area contributed by atoms with Crippen LogP contribution in [0.15, 0.2) is 48.5 Å². The summed E-state index contributed by atoms with van der Waals surface area (Å²) in [5, 5.41) is 14.3. The van der Waals surface area contributed by atoms with E-state index >= 15 is 0 Å². The maximum Gasteiger partial charge on any atom is 0.269 e. The van der Waals surface area contributed by atoms with Crippen LogP contribution < -0.4 is 11.1 Å². The number of likely N-dealkylation sites (tertiary alicyclic amines) is 1. The molecule has 3 N–H and O–H groups in total. The number of non-ortho nitro benzene ring substituents is 1. The molecule has 0 radical (unpaired) electrons. The molecule has 9 heteroatoms. The molecule has 0 bridgehead atoms. The molecule has 3 unspecified atom stereocenters. The molecule has 220 valence electrons. The van der Waals surface area contributed by atoms with Crippen molar-refractivity contribution >= 4 is 17.5 Å². The minimum Gasteiger partial charge on any atom is -0.354 e. The van der Waals surface area contributed by atoms with Crippen molar-refractivity contribution in [2.45, 2.75) is 83.0 Å². The number of hydrogen-bond donors (Lipinski definition) is 2. The molecule has 2 aromatic carbocycles. The smallest absolute Gasteiger partial charge is 0.269 e. The van der Waals surface area contributed by atoms with Crippen LogP contribution in [0.1, 0.15) is 72.9 Å². The second kappa shape index (κ2) is 13.1. The first-order valence-electron chi connectivity index (χ1n) is 15.2. The number of nitro groups is 1. The van der Waals surface area contributed by atoms with Crippen LogP contribution in [0, 0.1) is 28.9 Å². The van der Waals surface area contributed by atoms with E-state index < -0.39 is 6.04 Å². The Morgan fingerprint density at radius 2 is 1.68 bits per heavy atom. The number of nitrogens with two attached hydrogens (primary N) is 1. The molecule has 41 heavy (non-hydrogen) atoms. The van der Waals surface area contributed by atoms with E-state index in [9.17, 15) is 19.7 Å². The zero-order chi connectivity index (χ0) is 28.9. The largest absolute Gasteiger partial charge is 0.354 e. The molecule has 2 amide bonds. The zero-order valence-electron chi connectivity index (χ0n) is 24.0. The average Bonchev–Trinajstić information content (AvgIpc) is 3.84. The lowest BCUT2D eigenvalue weighted by molar-refractivity contribution is -0.384. The molecule has 2 aliphatic carbocycles. The normalized spacial score (nSPS) is 24.7. The molecule has 3 fully saturated rings. The van der Waals surface area contributed by atoms with Crippen LogP contribution in [0.4, 0.5) is 5.69 Å². The summed E-state index contributed by atoms with van der Waals surface area (Å²) >= 11 is 0. The van der Waals surface area contributed by atoms with Crippen molar-refractivity contribution in [3.05, 3.63) is 75.3 Å². The van der Waals surface area contributed by atoms with Gasteiger partial charge in [-0.15, -0.1) is 0 Å². The number of aryl methyl sites for hydroxylation is 1. The summed E-state index contributed by atoms with van der Waals surface area (Å²) in [4.78, 5) is 42.4. The van der Waals surface area contributed by atoms with Crippen molar-refractivity contribution < 1.29 is 14.5 Å². The third kappa shape index (κ3) is 7.32. The van der Waals surface area contributed by atoms with E-state index in [2.05, 4.69) is 10.2 Å². The molecule has 3 aliphatic rings. The Morgan fingerprint density at radius 3 is 2.34 bits per heavy atom. The second-order valence-electron chi connectivity index (χ2n) is 12.3. The van der Waals surface area contributed by atoms with Gasteiger partial charge in [-0.1, -0.05) is 36.2 Å². The van der Waals surface area contributed by atoms with Gasteiger partial charge in [0.1, 0.15) is 6.04 Å².